The van der Waals surface area contributed by atoms with Crippen LogP contribution in [0.25, 0.3) is 0 Å². The molecule has 0 amide bonds. The molecule has 1 N–H and O–H groups in total. The molecule has 0 spiro atoms. The van der Waals surface area contributed by atoms with Crippen LogP contribution < -0.4 is 5.32 Å². The first kappa shape index (κ1) is 11.9. The van der Waals surface area contributed by atoms with Gasteiger partial charge in [0, 0.05) is 23.9 Å². The number of benzene rings is 1. The molecule has 1 aliphatic rings. The van der Waals surface area contributed by atoms with Crippen LogP contribution in [0.1, 0.15) is 31.7 Å². The quantitative estimate of drug-likeness (QED) is 0.626. The van der Waals surface area contributed by atoms with Crippen LogP contribution in [0.2, 0.25) is 0 Å². The van der Waals surface area contributed by atoms with Gasteiger partial charge in [-0.15, -0.1) is 0 Å². The van der Waals surface area contributed by atoms with Gasteiger partial charge in [0.2, 0.25) is 0 Å². The topological polar surface area (TPSA) is 55.2 Å². The van der Waals surface area contributed by atoms with Gasteiger partial charge in [0.25, 0.3) is 5.69 Å². The number of nitrogens with one attached hydrogen (secondary N) is 1. The van der Waals surface area contributed by atoms with Crippen LogP contribution in [0.3, 0.4) is 0 Å². The highest BCUT2D eigenvalue weighted by Gasteiger charge is 2.35. The molecule has 2 unspecified atom stereocenters. The first-order chi connectivity index (χ1) is 8.10. The Labute approximate surface area is 101 Å². The third-order valence-electron chi connectivity index (χ3n) is 3.21. The van der Waals surface area contributed by atoms with Gasteiger partial charge in [0.15, 0.2) is 0 Å². The summed E-state index contributed by atoms with van der Waals surface area (Å²) in [5, 5.41) is 14.1. The van der Waals surface area contributed by atoms with Gasteiger partial charge in [-0.3, -0.25) is 10.1 Å². The first-order valence-electron chi connectivity index (χ1n) is 6.12. The first-order valence-corrected chi connectivity index (χ1v) is 6.12. The van der Waals surface area contributed by atoms with Crippen molar-refractivity contribution in [3.63, 3.8) is 0 Å². The normalized spacial score (nSPS) is 22.2. The minimum absolute atomic E-state index is 0.167. The molecular formula is C13H18N2O2. The number of aryl methyl sites for hydroxylation is 1. The Kier molecular flexibility index (Phi) is 3.31. The van der Waals surface area contributed by atoms with Gasteiger partial charge in [0.1, 0.15) is 0 Å². The van der Waals surface area contributed by atoms with Gasteiger partial charge in [-0.1, -0.05) is 13.3 Å². The van der Waals surface area contributed by atoms with Crippen molar-refractivity contribution in [2.24, 2.45) is 5.92 Å². The second-order valence-electron chi connectivity index (χ2n) is 4.85. The molecule has 0 aromatic heterocycles. The summed E-state index contributed by atoms with van der Waals surface area (Å²) in [5.74, 6) is 0.750. The lowest BCUT2D eigenvalue weighted by molar-refractivity contribution is -0.384. The lowest BCUT2D eigenvalue weighted by Crippen LogP contribution is -2.05. The van der Waals surface area contributed by atoms with E-state index < -0.39 is 0 Å². The number of nitro groups is 1. The number of non-ortho nitro benzene ring substituents is 1. The predicted molar refractivity (Wildman–Crippen MR) is 68.3 cm³/mol. The Balaban J connectivity index is 2.04. The fourth-order valence-electron chi connectivity index (χ4n) is 2.28. The summed E-state index contributed by atoms with van der Waals surface area (Å²) in [6, 6.07) is 5.70. The highest BCUT2D eigenvalue weighted by atomic mass is 16.6. The van der Waals surface area contributed by atoms with Crippen LogP contribution in [0, 0.1) is 23.0 Å². The molecule has 0 aliphatic heterocycles. The molecule has 1 aromatic carbocycles. The Morgan fingerprint density at radius 2 is 2.24 bits per heavy atom. The second-order valence-corrected chi connectivity index (χ2v) is 4.85. The second kappa shape index (κ2) is 4.73. The molecule has 17 heavy (non-hydrogen) atoms. The van der Waals surface area contributed by atoms with Crippen molar-refractivity contribution < 1.29 is 4.92 Å². The van der Waals surface area contributed by atoms with Gasteiger partial charge in [-0.2, -0.15) is 0 Å². The van der Waals surface area contributed by atoms with E-state index in [0.717, 1.165) is 17.2 Å². The van der Waals surface area contributed by atoms with Gasteiger partial charge in [-0.05, 0) is 37.3 Å². The van der Waals surface area contributed by atoms with Crippen molar-refractivity contribution in [1.29, 1.82) is 0 Å². The van der Waals surface area contributed by atoms with Crippen LogP contribution in [0.15, 0.2) is 18.2 Å². The minimum atomic E-state index is -0.339. The summed E-state index contributed by atoms with van der Waals surface area (Å²) in [5.41, 5.74) is 1.97. The fourth-order valence-corrected chi connectivity index (χ4v) is 2.28. The van der Waals surface area contributed by atoms with E-state index in [2.05, 4.69) is 12.2 Å². The Morgan fingerprint density at radius 3 is 2.88 bits per heavy atom. The van der Waals surface area contributed by atoms with E-state index in [9.17, 15) is 10.1 Å². The van der Waals surface area contributed by atoms with Crippen LogP contribution in [-0.2, 0) is 0 Å². The van der Waals surface area contributed by atoms with Crippen molar-refractivity contribution in [2.45, 2.75) is 39.2 Å². The predicted octanol–water partition coefficient (Wildman–Crippen LogP) is 3.50. The number of rotatable bonds is 5. The maximum atomic E-state index is 10.8. The smallest absolute Gasteiger partial charge is 0.271 e. The largest absolute Gasteiger partial charge is 0.382 e. The average Bonchev–Trinajstić information content (AvgIpc) is 2.96. The molecule has 1 saturated carbocycles. The zero-order valence-corrected chi connectivity index (χ0v) is 10.3. The van der Waals surface area contributed by atoms with Crippen LogP contribution >= 0.6 is 0 Å². The van der Waals surface area contributed by atoms with Crippen LogP contribution in [0.4, 0.5) is 11.4 Å². The van der Waals surface area contributed by atoms with Gasteiger partial charge < -0.3 is 5.32 Å². The minimum Gasteiger partial charge on any atom is -0.382 e. The van der Waals surface area contributed by atoms with Crippen molar-refractivity contribution >= 4 is 11.4 Å². The number of hydrogen-bond donors (Lipinski definition) is 1. The number of anilines is 1. The summed E-state index contributed by atoms with van der Waals surface area (Å²) in [7, 11) is 0. The van der Waals surface area contributed by atoms with E-state index >= 15 is 0 Å². The molecule has 0 heterocycles. The van der Waals surface area contributed by atoms with Crippen molar-refractivity contribution in [1.82, 2.24) is 0 Å². The SMILES string of the molecule is CCCC1CC1Nc1cc(C)cc([N+](=O)[O-])c1. The van der Waals surface area contributed by atoms with Crippen molar-refractivity contribution in [3.05, 3.63) is 33.9 Å². The Bertz CT molecular complexity index is 431. The Hall–Kier alpha value is -1.58. The summed E-state index contributed by atoms with van der Waals surface area (Å²) in [6.45, 7) is 4.07. The average molecular weight is 234 g/mol. The van der Waals surface area contributed by atoms with E-state index in [1.54, 1.807) is 12.1 Å². The maximum absolute atomic E-state index is 10.8. The zero-order chi connectivity index (χ0) is 12.4. The summed E-state index contributed by atoms with van der Waals surface area (Å²) >= 11 is 0. The number of hydrogen-bond acceptors (Lipinski definition) is 3. The molecule has 4 nitrogen and oxygen atoms in total. The molecule has 2 atom stereocenters. The van der Waals surface area contributed by atoms with Crippen molar-refractivity contribution in [2.75, 3.05) is 5.32 Å². The van der Waals surface area contributed by atoms with E-state index in [-0.39, 0.29) is 10.6 Å². The third-order valence-corrected chi connectivity index (χ3v) is 3.21. The maximum Gasteiger partial charge on any atom is 0.271 e. The van der Waals surface area contributed by atoms with Gasteiger partial charge in [-0.25, -0.2) is 0 Å². The zero-order valence-electron chi connectivity index (χ0n) is 10.3. The highest BCUT2D eigenvalue weighted by molar-refractivity contribution is 5.55. The van der Waals surface area contributed by atoms with Crippen molar-refractivity contribution in [3.8, 4) is 0 Å². The monoisotopic (exact) mass is 234 g/mol. The van der Waals surface area contributed by atoms with Crippen LogP contribution in [0.5, 0.6) is 0 Å². The number of nitro benzene ring substituents is 1. The molecule has 0 radical (unpaired) electrons. The molecule has 0 saturated heterocycles. The van der Waals surface area contributed by atoms with E-state index in [1.807, 2.05) is 13.0 Å². The van der Waals surface area contributed by atoms with Crippen LogP contribution in [-0.4, -0.2) is 11.0 Å². The fraction of sp³-hybridized carbons (Fsp3) is 0.538. The standard InChI is InChI=1S/C13H18N2O2/c1-3-4-10-7-13(10)14-11-5-9(2)6-12(8-11)15(16)17/h5-6,8,10,13-14H,3-4,7H2,1-2H3. The molecule has 1 fully saturated rings. The molecule has 4 heteroatoms. The molecule has 92 valence electrons. The van der Waals surface area contributed by atoms with E-state index in [1.165, 1.54) is 19.3 Å². The molecule has 1 aromatic rings. The third kappa shape index (κ3) is 2.96. The summed E-state index contributed by atoms with van der Waals surface area (Å²) in [4.78, 5) is 10.4. The molecule has 1 aliphatic carbocycles. The van der Waals surface area contributed by atoms with E-state index in [4.69, 9.17) is 0 Å². The summed E-state index contributed by atoms with van der Waals surface area (Å²) < 4.78 is 0. The molecular weight excluding hydrogens is 216 g/mol. The summed E-state index contributed by atoms with van der Waals surface area (Å²) in [6.07, 6.45) is 3.64. The molecule has 2 rings (SSSR count). The lowest BCUT2D eigenvalue weighted by Gasteiger charge is -2.06. The van der Waals surface area contributed by atoms with E-state index in [0.29, 0.717) is 6.04 Å². The lowest BCUT2D eigenvalue weighted by atomic mass is 10.2. The highest BCUT2D eigenvalue weighted by Crippen LogP contribution is 2.37. The van der Waals surface area contributed by atoms with Gasteiger partial charge in [0.05, 0.1) is 4.92 Å². The molecule has 0 bridgehead atoms. The number of nitrogens with zero attached hydrogens (tertiary/aromatic N) is 1. The van der Waals surface area contributed by atoms with Gasteiger partial charge >= 0.3 is 0 Å². The Morgan fingerprint density at radius 1 is 1.47 bits per heavy atom.